The fourth-order valence-electron chi connectivity index (χ4n) is 2.75. The first-order valence-electron chi connectivity index (χ1n) is 9.90. The van der Waals surface area contributed by atoms with E-state index in [0.717, 1.165) is 5.56 Å². The average molecular weight is 409 g/mol. The Balaban J connectivity index is 1.79. The van der Waals surface area contributed by atoms with Crippen LogP contribution in [0.2, 0.25) is 0 Å². The summed E-state index contributed by atoms with van der Waals surface area (Å²) < 4.78 is 13.4. The van der Waals surface area contributed by atoms with Crippen LogP contribution in [-0.2, 0) is 6.61 Å². The zero-order valence-electron chi connectivity index (χ0n) is 17.4. The molecule has 0 spiro atoms. The fourth-order valence-corrected chi connectivity index (χ4v) is 2.75. The van der Waals surface area contributed by atoms with Crippen LogP contribution in [0.5, 0.6) is 11.5 Å². The van der Waals surface area contributed by atoms with Crippen LogP contribution in [0.1, 0.15) is 42.7 Å². The summed E-state index contributed by atoms with van der Waals surface area (Å²) >= 11 is 0. The number of benzene rings is 2. The summed E-state index contributed by atoms with van der Waals surface area (Å²) in [6.45, 7) is 5.99. The highest BCUT2D eigenvalue weighted by Gasteiger charge is 2.14. The Hall–Kier alpha value is -3.32. The molecule has 1 atom stereocenters. The Bertz CT molecular complexity index is 970. The van der Waals surface area contributed by atoms with Crippen LogP contribution in [0, 0.1) is 0 Å². The highest BCUT2D eigenvalue weighted by Crippen LogP contribution is 2.25. The molecule has 0 aliphatic rings. The van der Waals surface area contributed by atoms with E-state index in [4.69, 9.17) is 9.47 Å². The molecule has 0 fully saturated rings. The van der Waals surface area contributed by atoms with E-state index < -0.39 is 6.10 Å². The summed E-state index contributed by atoms with van der Waals surface area (Å²) in [5, 5.41) is 16.4. The number of ether oxygens (including phenoxy) is 2. The van der Waals surface area contributed by atoms with Crippen LogP contribution in [0.25, 0.3) is 0 Å². The molecule has 158 valence electrons. The van der Waals surface area contributed by atoms with Crippen molar-refractivity contribution in [2.24, 2.45) is 0 Å². The molecule has 7 nitrogen and oxygen atoms in total. The molecule has 0 radical (unpaired) electrons. The zero-order chi connectivity index (χ0) is 21.5. The molecule has 2 aromatic carbocycles. The van der Waals surface area contributed by atoms with Gasteiger partial charge in [0.1, 0.15) is 24.2 Å². The van der Waals surface area contributed by atoms with E-state index in [9.17, 15) is 9.90 Å². The van der Waals surface area contributed by atoms with Gasteiger partial charge in [0.05, 0.1) is 6.61 Å². The van der Waals surface area contributed by atoms with Gasteiger partial charge < -0.3 is 19.9 Å². The topological polar surface area (TPSA) is 85.6 Å². The second-order valence-electron chi connectivity index (χ2n) is 7.31. The van der Waals surface area contributed by atoms with Crippen LogP contribution in [-0.4, -0.2) is 33.5 Å². The molecule has 1 aromatic heterocycles. The van der Waals surface area contributed by atoms with Crippen molar-refractivity contribution < 1.29 is 19.4 Å². The highest BCUT2D eigenvalue weighted by atomic mass is 16.5. The van der Waals surface area contributed by atoms with E-state index in [0.29, 0.717) is 29.5 Å². The Morgan fingerprint density at radius 3 is 2.50 bits per heavy atom. The molecular formula is C23H27N3O4. The van der Waals surface area contributed by atoms with E-state index >= 15 is 0 Å². The minimum Gasteiger partial charge on any atom is -0.489 e. The third-order valence-electron chi connectivity index (χ3n) is 4.36. The SMILES string of the molecule is CC(C)n1ccc(NC(=O)c2cc(OCc3ccccc3)cc(O[C@@H](C)CO)c2)n1. The van der Waals surface area contributed by atoms with Gasteiger partial charge in [0.25, 0.3) is 5.91 Å². The van der Waals surface area contributed by atoms with Crippen LogP contribution in [0.15, 0.2) is 60.8 Å². The standard InChI is InChI=1S/C23H27N3O4/c1-16(2)26-10-9-22(25-26)24-23(28)19-11-20(13-21(12-19)30-17(3)14-27)29-15-18-7-5-4-6-8-18/h4-13,16-17,27H,14-15H2,1-3H3,(H,24,25,28)/t17-/m0/s1. The van der Waals surface area contributed by atoms with Gasteiger partial charge in [-0.2, -0.15) is 5.10 Å². The number of amides is 1. The number of aliphatic hydroxyl groups excluding tert-OH is 1. The number of carbonyl (C=O) groups is 1. The lowest BCUT2D eigenvalue weighted by atomic mass is 10.1. The molecule has 0 saturated heterocycles. The van der Waals surface area contributed by atoms with Gasteiger partial charge in [-0.05, 0) is 38.5 Å². The monoisotopic (exact) mass is 409 g/mol. The first-order valence-corrected chi connectivity index (χ1v) is 9.90. The van der Waals surface area contributed by atoms with Crippen molar-refractivity contribution in [2.75, 3.05) is 11.9 Å². The quantitative estimate of drug-likeness (QED) is 0.557. The van der Waals surface area contributed by atoms with Gasteiger partial charge in [-0.25, -0.2) is 0 Å². The first kappa shape index (κ1) is 21.4. The first-order chi connectivity index (χ1) is 14.4. The van der Waals surface area contributed by atoms with E-state index in [-0.39, 0.29) is 18.6 Å². The Labute approximate surface area is 176 Å². The molecule has 30 heavy (non-hydrogen) atoms. The summed E-state index contributed by atoms with van der Waals surface area (Å²) in [6, 6.07) is 16.7. The second-order valence-corrected chi connectivity index (χ2v) is 7.31. The Morgan fingerprint density at radius 2 is 1.83 bits per heavy atom. The maximum atomic E-state index is 12.8. The predicted octanol–water partition coefficient (Wildman–Crippen LogP) is 4.05. The molecule has 3 rings (SSSR count). The number of aromatic nitrogens is 2. The zero-order valence-corrected chi connectivity index (χ0v) is 17.4. The van der Waals surface area contributed by atoms with Gasteiger partial charge in [0.15, 0.2) is 5.82 Å². The number of nitrogens with one attached hydrogen (secondary N) is 1. The third-order valence-corrected chi connectivity index (χ3v) is 4.36. The molecule has 1 amide bonds. The van der Waals surface area contributed by atoms with Crippen molar-refractivity contribution in [1.82, 2.24) is 9.78 Å². The van der Waals surface area contributed by atoms with Gasteiger partial charge in [0.2, 0.25) is 0 Å². The van der Waals surface area contributed by atoms with Crippen molar-refractivity contribution >= 4 is 11.7 Å². The largest absolute Gasteiger partial charge is 0.489 e. The molecular weight excluding hydrogens is 382 g/mol. The summed E-state index contributed by atoms with van der Waals surface area (Å²) in [5.41, 5.74) is 1.39. The molecule has 0 aliphatic heterocycles. The number of rotatable bonds is 9. The minimum atomic E-state index is -0.410. The molecule has 0 saturated carbocycles. The Morgan fingerprint density at radius 1 is 1.10 bits per heavy atom. The molecule has 7 heteroatoms. The lowest BCUT2D eigenvalue weighted by molar-refractivity contribution is 0.102. The van der Waals surface area contributed by atoms with Crippen molar-refractivity contribution in [3.05, 3.63) is 71.9 Å². The smallest absolute Gasteiger partial charge is 0.257 e. The number of hydrogen-bond acceptors (Lipinski definition) is 5. The van der Waals surface area contributed by atoms with Crippen molar-refractivity contribution in [1.29, 1.82) is 0 Å². The van der Waals surface area contributed by atoms with Gasteiger partial charge >= 0.3 is 0 Å². The molecule has 3 aromatic rings. The number of carbonyl (C=O) groups excluding carboxylic acids is 1. The third kappa shape index (κ3) is 5.84. The van der Waals surface area contributed by atoms with Gasteiger partial charge in [-0.3, -0.25) is 9.48 Å². The van der Waals surface area contributed by atoms with E-state index in [2.05, 4.69) is 10.4 Å². The molecule has 0 bridgehead atoms. The highest BCUT2D eigenvalue weighted by molar-refractivity contribution is 6.04. The van der Waals surface area contributed by atoms with Crippen molar-refractivity contribution in [3.63, 3.8) is 0 Å². The maximum absolute atomic E-state index is 12.8. The summed E-state index contributed by atoms with van der Waals surface area (Å²) in [6.07, 6.45) is 1.41. The van der Waals surface area contributed by atoms with E-state index in [1.165, 1.54) is 0 Å². The lowest BCUT2D eigenvalue weighted by Crippen LogP contribution is -2.17. The molecule has 2 N–H and O–H groups in total. The van der Waals surface area contributed by atoms with Crippen molar-refractivity contribution in [3.8, 4) is 11.5 Å². The van der Waals surface area contributed by atoms with Crippen LogP contribution >= 0.6 is 0 Å². The number of hydrogen-bond donors (Lipinski definition) is 2. The number of nitrogens with zero attached hydrogens (tertiary/aromatic N) is 2. The van der Waals surface area contributed by atoms with Crippen LogP contribution in [0.3, 0.4) is 0 Å². The lowest BCUT2D eigenvalue weighted by Gasteiger charge is -2.15. The van der Waals surface area contributed by atoms with E-state index in [1.54, 1.807) is 35.9 Å². The summed E-state index contributed by atoms with van der Waals surface area (Å²) in [7, 11) is 0. The summed E-state index contributed by atoms with van der Waals surface area (Å²) in [4.78, 5) is 12.8. The van der Waals surface area contributed by atoms with Gasteiger partial charge in [-0.1, -0.05) is 30.3 Å². The van der Waals surface area contributed by atoms with Gasteiger partial charge in [0, 0.05) is 29.9 Å². The molecule has 0 unspecified atom stereocenters. The molecule has 1 heterocycles. The van der Waals surface area contributed by atoms with Gasteiger partial charge in [-0.15, -0.1) is 0 Å². The van der Waals surface area contributed by atoms with Crippen molar-refractivity contribution in [2.45, 2.75) is 39.5 Å². The second kappa shape index (κ2) is 9.93. The normalized spacial score (nSPS) is 11.9. The Kier molecular flexibility index (Phi) is 7.08. The minimum absolute atomic E-state index is 0.136. The number of aliphatic hydroxyl groups is 1. The summed E-state index contributed by atoms with van der Waals surface area (Å²) in [5.74, 6) is 1.09. The van der Waals surface area contributed by atoms with Crippen LogP contribution in [0.4, 0.5) is 5.82 Å². The maximum Gasteiger partial charge on any atom is 0.257 e. The van der Waals surface area contributed by atoms with E-state index in [1.807, 2.05) is 50.4 Å². The fraction of sp³-hybridized carbons (Fsp3) is 0.304. The molecule has 0 aliphatic carbocycles. The predicted molar refractivity (Wildman–Crippen MR) is 115 cm³/mol. The van der Waals surface area contributed by atoms with Crippen LogP contribution < -0.4 is 14.8 Å². The number of anilines is 1. The average Bonchev–Trinajstić information content (AvgIpc) is 3.21.